The molecule has 2 aromatic rings. The van der Waals surface area contributed by atoms with Gasteiger partial charge in [-0.1, -0.05) is 12.1 Å². The minimum atomic E-state index is -0.300. The average molecular weight is 333 g/mol. The molecule has 2 heterocycles. The van der Waals surface area contributed by atoms with Crippen molar-refractivity contribution in [3.05, 3.63) is 68.6 Å². The van der Waals surface area contributed by atoms with Crippen molar-refractivity contribution >= 4 is 17.6 Å². The summed E-state index contributed by atoms with van der Waals surface area (Å²) in [6.07, 6.45) is 3.48. The number of carbonyl (C=O) groups is 1. The third kappa shape index (κ3) is 2.14. The first kappa shape index (κ1) is 15.4. The van der Waals surface area contributed by atoms with Gasteiger partial charge in [0.2, 0.25) is 5.78 Å². The number of carbonyl (C=O) groups excluding carboxylic acids is 1. The molecule has 4 nitrogen and oxygen atoms in total. The Hall–Kier alpha value is -3.13. The maximum absolute atomic E-state index is 14.1. The number of hydrogen-bond acceptors (Lipinski definition) is 3. The maximum Gasteiger partial charge on any atom is 0.206 e. The molecule has 2 aliphatic rings. The number of nitrogens with one attached hydrogen (secondary N) is 1. The van der Waals surface area contributed by atoms with Gasteiger partial charge in [0, 0.05) is 24.9 Å². The highest BCUT2D eigenvalue weighted by Gasteiger charge is 2.28. The molecule has 1 N–H and O–H groups in total. The third-order valence-electron chi connectivity index (χ3n) is 4.89. The first-order valence-electron chi connectivity index (χ1n) is 8.13. The van der Waals surface area contributed by atoms with Gasteiger partial charge in [-0.25, -0.2) is 4.39 Å². The van der Waals surface area contributed by atoms with E-state index in [-0.39, 0.29) is 17.2 Å². The highest BCUT2D eigenvalue weighted by molar-refractivity contribution is 6.16. The van der Waals surface area contributed by atoms with Crippen molar-refractivity contribution in [2.45, 2.75) is 20.4 Å². The molecule has 0 amide bonds. The SMILES string of the molecule is Cc1ccc(C2=c3c(c(C)c4n3CCNC=4)C(=O)C(C#N)=C2)cc1F. The van der Waals surface area contributed by atoms with Crippen LogP contribution in [0.1, 0.15) is 27.0 Å². The number of ketones is 1. The summed E-state index contributed by atoms with van der Waals surface area (Å²) in [5.74, 6) is -0.563. The zero-order valence-corrected chi connectivity index (χ0v) is 14.0. The van der Waals surface area contributed by atoms with Gasteiger partial charge in [0.1, 0.15) is 17.5 Å². The van der Waals surface area contributed by atoms with Crippen molar-refractivity contribution in [3.63, 3.8) is 0 Å². The summed E-state index contributed by atoms with van der Waals surface area (Å²) >= 11 is 0. The highest BCUT2D eigenvalue weighted by Crippen LogP contribution is 2.23. The number of Topliss-reactive ketones (excluding diaryl/α,β-unsaturated/α-hetero) is 1. The van der Waals surface area contributed by atoms with E-state index in [1.165, 1.54) is 6.07 Å². The van der Waals surface area contributed by atoms with Crippen molar-refractivity contribution in [3.8, 4) is 6.07 Å². The summed E-state index contributed by atoms with van der Waals surface area (Å²) in [6.45, 7) is 5.06. The normalized spacial score (nSPS) is 15.5. The fourth-order valence-corrected chi connectivity index (χ4v) is 3.56. The number of aromatic nitrogens is 1. The molecule has 1 aliphatic carbocycles. The van der Waals surface area contributed by atoms with E-state index in [4.69, 9.17) is 0 Å². The molecule has 124 valence electrons. The van der Waals surface area contributed by atoms with E-state index in [1.807, 2.05) is 25.3 Å². The number of benzene rings is 1. The molecular weight excluding hydrogens is 317 g/mol. The fraction of sp³-hybridized carbons (Fsp3) is 0.200. The van der Waals surface area contributed by atoms with Gasteiger partial charge in [0.05, 0.1) is 16.3 Å². The molecule has 0 unspecified atom stereocenters. The molecule has 1 aromatic heterocycles. The van der Waals surface area contributed by atoms with Gasteiger partial charge in [0.15, 0.2) is 0 Å². The topological polar surface area (TPSA) is 57.8 Å². The van der Waals surface area contributed by atoms with Crippen LogP contribution in [-0.2, 0) is 6.54 Å². The molecule has 0 radical (unpaired) electrons. The van der Waals surface area contributed by atoms with Crippen LogP contribution in [0.5, 0.6) is 0 Å². The van der Waals surface area contributed by atoms with Gasteiger partial charge in [-0.3, -0.25) is 4.79 Å². The van der Waals surface area contributed by atoms with E-state index in [1.54, 1.807) is 19.1 Å². The first-order chi connectivity index (χ1) is 12.0. The maximum atomic E-state index is 14.1. The number of nitrogens with zero attached hydrogens (tertiary/aromatic N) is 2. The van der Waals surface area contributed by atoms with Gasteiger partial charge in [-0.05, 0) is 42.7 Å². The molecule has 0 spiro atoms. The molecule has 5 heteroatoms. The van der Waals surface area contributed by atoms with E-state index in [9.17, 15) is 14.4 Å². The summed E-state index contributed by atoms with van der Waals surface area (Å²) in [6, 6.07) is 7.01. The number of nitriles is 1. The second-order valence-corrected chi connectivity index (χ2v) is 6.36. The quantitative estimate of drug-likeness (QED) is 0.859. The van der Waals surface area contributed by atoms with Crippen molar-refractivity contribution in [1.29, 1.82) is 5.26 Å². The molecule has 0 saturated carbocycles. The van der Waals surface area contributed by atoms with Gasteiger partial charge in [0.25, 0.3) is 0 Å². The number of halogens is 1. The summed E-state index contributed by atoms with van der Waals surface area (Å²) < 4.78 is 16.2. The van der Waals surface area contributed by atoms with Gasteiger partial charge in [-0.2, -0.15) is 5.26 Å². The predicted molar refractivity (Wildman–Crippen MR) is 92.6 cm³/mol. The van der Waals surface area contributed by atoms with E-state index in [0.717, 1.165) is 28.4 Å². The number of rotatable bonds is 1. The van der Waals surface area contributed by atoms with Crippen molar-refractivity contribution in [2.75, 3.05) is 6.54 Å². The standard InChI is InChI=1S/C20H16FN3O/c1-11-3-4-13(8-16(11)21)15-7-14(9-22)20(25)18-12(2)17-10-23-5-6-24(17)19(15)18/h3-4,7-8,10,23H,5-6H2,1-2H3. The Morgan fingerprint density at radius 2 is 2.12 bits per heavy atom. The molecular formula is C20H16FN3O. The lowest BCUT2D eigenvalue weighted by Gasteiger charge is -2.15. The van der Waals surface area contributed by atoms with Crippen LogP contribution in [0.2, 0.25) is 0 Å². The Kier molecular flexibility index (Phi) is 3.36. The van der Waals surface area contributed by atoms with Crippen LogP contribution < -0.4 is 16.0 Å². The van der Waals surface area contributed by atoms with E-state index in [2.05, 4.69) is 9.88 Å². The van der Waals surface area contributed by atoms with Crippen LogP contribution >= 0.6 is 0 Å². The Morgan fingerprint density at radius 1 is 1.32 bits per heavy atom. The second kappa shape index (κ2) is 5.45. The molecule has 4 rings (SSSR count). The van der Waals surface area contributed by atoms with Crippen LogP contribution in [-0.4, -0.2) is 16.9 Å². The lowest BCUT2D eigenvalue weighted by molar-refractivity contribution is 0.103. The Bertz CT molecular complexity index is 1130. The van der Waals surface area contributed by atoms with E-state index >= 15 is 0 Å². The summed E-state index contributed by atoms with van der Waals surface area (Å²) in [7, 11) is 0. The van der Waals surface area contributed by atoms with Crippen LogP contribution in [0.25, 0.3) is 11.8 Å². The smallest absolute Gasteiger partial charge is 0.206 e. The molecule has 25 heavy (non-hydrogen) atoms. The lowest BCUT2D eigenvalue weighted by Crippen LogP contribution is -2.39. The monoisotopic (exact) mass is 333 g/mol. The lowest BCUT2D eigenvalue weighted by atomic mass is 9.90. The molecule has 1 aliphatic heterocycles. The minimum Gasteiger partial charge on any atom is -0.387 e. The van der Waals surface area contributed by atoms with Crippen LogP contribution in [0.4, 0.5) is 4.39 Å². The summed E-state index contributed by atoms with van der Waals surface area (Å²) in [4.78, 5) is 12.8. The molecule has 1 aromatic carbocycles. The van der Waals surface area contributed by atoms with Gasteiger partial charge < -0.3 is 9.88 Å². The summed E-state index contributed by atoms with van der Waals surface area (Å²) in [5.41, 5.74) is 3.43. The fourth-order valence-electron chi connectivity index (χ4n) is 3.56. The molecule has 0 atom stereocenters. The molecule has 0 fully saturated rings. The first-order valence-corrected chi connectivity index (χ1v) is 8.13. The zero-order chi connectivity index (χ0) is 17.7. The number of fused-ring (bicyclic) bond motifs is 3. The van der Waals surface area contributed by atoms with E-state index < -0.39 is 0 Å². The second-order valence-electron chi connectivity index (χ2n) is 6.36. The van der Waals surface area contributed by atoms with Crippen LogP contribution in [0.15, 0.2) is 29.8 Å². The van der Waals surface area contributed by atoms with Crippen molar-refractivity contribution < 1.29 is 9.18 Å². The van der Waals surface area contributed by atoms with E-state index in [0.29, 0.717) is 23.2 Å². The Morgan fingerprint density at radius 3 is 2.84 bits per heavy atom. The van der Waals surface area contributed by atoms with Gasteiger partial charge >= 0.3 is 0 Å². The van der Waals surface area contributed by atoms with Crippen molar-refractivity contribution in [1.82, 2.24) is 9.88 Å². The third-order valence-corrected chi connectivity index (χ3v) is 4.89. The van der Waals surface area contributed by atoms with Gasteiger partial charge in [-0.15, -0.1) is 0 Å². The zero-order valence-electron chi connectivity index (χ0n) is 14.0. The minimum absolute atomic E-state index is 0.0856. The number of allylic oxidation sites excluding steroid dienone is 2. The average Bonchev–Trinajstić information content (AvgIpc) is 2.92. The molecule has 0 saturated heterocycles. The Labute approximate surface area is 144 Å². The molecule has 0 bridgehead atoms. The predicted octanol–water partition coefficient (Wildman–Crippen LogP) is 1.43. The highest BCUT2D eigenvalue weighted by atomic mass is 19.1. The number of aryl methyl sites for hydroxylation is 1. The summed E-state index contributed by atoms with van der Waals surface area (Å²) in [5, 5.41) is 14.3. The van der Waals surface area contributed by atoms with Crippen molar-refractivity contribution in [2.24, 2.45) is 0 Å². The largest absolute Gasteiger partial charge is 0.387 e. The van der Waals surface area contributed by atoms with Crippen LogP contribution in [0.3, 0.4) is 0 Å². The number of hydrogen-bond donors (Lipinski definition) is 1. The Balaban J connectivity index is 2.18. The van der Waals surface area contributed by atoms with Crippen LogP contribution in [0, 0.1) is 31.0 Å².